The van der Waals surface area contributed by atoms with E-state index in [9.17, 15) is 4.21 Å². The van der Waals surface area contributed by atoms with Gasteiger partial charge in [0.2, 0.25) is 0 Å². The van der Waals surface area contributed by atoms with Crippen molar-refractivity contribution in [2.75, 3.05) is 6.54 Å². The van der Waals surface area contributed by atoms with Crippen LogP contribution in [-0.2, 0) is 14.8 Å². The number of nitrogens with zero attached hydrogens (tertiary/aromatic N) is 1. The van der Waals surface area contributed by atoms with Crippen LogP contribution in [0.5, 0.6) is 0 Å². The van der Waals surface area contributed by atoms with E-state index in [2.05, 4.69) is 4.36 Å². The van der Waals surface area contributed by atoms with Crippen LogP contribution in [0.1, 0.15) is 12.8 Å². The molecule has 0 bridgehead atoms. The third-order valence-corrected chi connectivity index (χ3v) is 1.82. The van der Waals surface area contributed by atoms with Crippen molar-refractivity contribution < 1.29 is 4.21 Å². The molecule has 0 spiro atoms. The summed E-state index contributed by atoms with van der Waals surface area (Å²) in [7, 11) is -1.01. The van der Waals surface area contributed by atoms with Gasteiger partial charge in [0.1, 0.15) is 0 Å². The normalized spacial score (nSPS) is 22.0. The first-order valence-corrected chi connectivity index (χ1v) is 3.81. The highest BCUT2D eigenvalue weighted by Crippen LogP contribution is 1.97. The molecular weight excluding hydrogens is 122 g/mol. The van der Waals surface area contributed by atoms with Gasteiger partial charge in [-0.15, -0.1) is 11.5 Å². The molecule has 0 aromatic heterocycles. The molecule has 1 aliphatic heterocycles. The lowest BCUT2D eigenvalue weighted by atomic mass is 10.3. The Morgan fingerprint density at radius 2 is 2.50 bits per heavy atom. The molecule has 0 aromatic rings. The molecule has 0 aliphatic carbocycles. The molecule has 1 heterocycles. The van der Waals surface area contributed by atoms with E-state index in [0.717, 1.165) is 19.4 Å². The maximum Gasteiger partial charge on any atom is 0.0128 e. The number of hydrogen-bond donors (Lipinski definition) is 0. The molecule has 0 N–H and O–H groups in total. The first kappa shape index (κ1) is 5.82. The average molecular weight is 130 g/mol. The topological polar surface area (TPSA) is 29.4 Å². The van der Waals surface area contributed by atoms with Crippen molar-refractivity contribution in [1.82, 2.24) is 0 Å². The van der Waals surface area contributed by atoms with Crippen LogP contribution >= 0.6 is 0 Å². The summed E-state index contributed by atoms with van der Waals surface area (Å²) in [4.78, 5) is 0. The Balaban J connectivity index is 2.69. The van der Waals surface area contributed by atoms with Gasteiger partial charge in [0.15, 0.2) is 0 Å². The van der Waals surface area contributed by atoms with Crippen LogP contribution in [0.15, 0.2) is 15.8 Å². The van der Waals surface area contributed by atoms with Gasteiger partial charge in [-0.1, -0.05) is 0 Å². The molecule has 0 saturated carbocycles. The van der Waals surface area contributed by atoms with Gasteiger partial charge in [0, 0.05) is 6.54 Å². The summed E-state index contributed by atoms with van der Waals surface area (Å²) >= 11 is 0. The Hall–Kier alpha value is -0.310. The van der Waals surface area contributed by atoms with Crippen molar-refractivity contribution >= 4 is 10.6 Å². The van der Waals surface area contributed by atoms with Crippen molar-refractivity contribution in [3.05, 3.63) is 11.5 Å². The van der Waals surface area contributed by atoms with E-state index in [0.29, 0.717) is 0 Å². The zero-order valence-electron chi connectivity index (χ0n) is 4.54. The van der Waals surface area contributed by atoms with Crippen molar-refractivity contribution in [3.63, 3.8) is 0 Å². The Morgan fingerprint density at radius 3 is 3.38 bits per heavy atom. The highest BCUT2D eigenvalue weighted by molar-refractivity contribution is 7.77. The molecule has 1 rings (SSSR count). The molecule has 0 amide bonds. The lowest BCUT2D eigenvalue weighted by Gasteiger charge is -1.89. The second-order valence-corrected chi connectivity index (χ2v) is 2.73. The summed E-state index contributed by atoms with van der Waals surface area (Å²) in [5.74, 6) is 0. The van der Waals surface area contributed by atoms with E-state index >= 15 is 0 Å². The Bertz CT molecular complexity index is 167. The maximum absolute atomic E-state index is 10.5. The van der Waals surface area contributed by atoms with Gasteiger partial charge < -0.3 is 8.57 Å². The largest absolute Gasteiger partial charge is 0.441 e. The van der Waals surface area contributed by atoms with Crippen molar-refractivity contribution in [3.8, 4) is 0 Å². The minimum Gasteiger partial charge on any atom is -0.441 e. The fourth-order valence-corrected chi connectivity index (χ4v) is 1.25. The van der Waals surface area contributed by atoms with Crippen molar-refractivity contribution in [1.29, 1.82) is 0 Å². The van der Waals surface area contributed by atoms with E-state index in [1.807, 2.05) is 6.08 Å². The Kier molecular flexibility index (Phi) is 2.09. The minimum absolute atomic E-state index is 0.750. The molecule has 0 saturated heterocycles. The van der Waals surface area contributed by atoms with E-state index in [4.69, 9.17) is 0 Å². The Morgan fingerprint density at radius 1 is 1.62 bits per heavy atom. The summed E-state index contributed by atoms with van der Waals surface area (Å²) in [6.45, 7) is 0.750. The molecule has 0 fully saturated rings. The number of rotatable bonds is 0. The lowest BCUT2D eigenvalue weighted by Crippen LogP contribution is -1.73. The molecule has 1 aliphatic rings. The molecule has 0 aromatic carbocycles. The van der Waals surface area contributed by atoms with Crippen molar-refractivity contribution in [2.24, 2.45) is 4.36 Å². The van der Waals surface area contributed by atoms with Gasteiger partial charge in [-0.25, -0.2) is 0 Å². The van der Waals surface area contributed by atoms with Crippen LogP contribution in [0.3, 0.4) is 0 Å². The van der Waals surface area contributed by atoms with Gasteiger partial charge in [0.25, 0.3) is 0 Å². The standard InChI is InChI=1S/C5H8NOS/c7-8-5-3-1-2-4-6-8/h3,5H,1-2,4H2/q-1. The van der Waals surface area contributed by atoms with Crippen LogP contribution in [0.4, 0.5) is 0 Å². The predicted molar refractivity (Wildman–Crippen MR) is 33.7 cm³/mol. The molecule has 3 heteroatoms. The number of hydrogen-bond acceptors (Lipinski definition) is 3. The van der Waals surface area contributed by atoms with E-state index in [1.54, 1.807) is 5.41 Å². The summed E-state index contributed by atoms with van der Waals surface area (Å²) in [5, 5.41) is 1.65. The maximum atomic E-state index is 10.5. The fourth-order valence-electron chi connectivity index (χ4n) is 0.557. The van der Waals surface area contributed by atoms with Crippen LogP contribution in [0, 0.1) is 0 Å². The molecule has 46 valence electrons. The summed E-state index contributed by atoms with van der Waals surface area (Å²) in [6.07, 6.45) is 3.99. The van der Waals surface area contributed by atoms with Gasteiger partial charge in [-0.3, -0.25) is 0 Å². The average Bonchev–Trinajstić information content (AvgIpc) is 1.94. The second kappa shape index (κ2) is 2.87. The van der Waals surface area contributed by atoms with Gasteiger partial charge >= 0.3 is 0 Å². The smallest absolute Gasteiger partial charge is 0.0128 e. The quantitative estimate of drug-likeness (QED) is 0.456. The highest BCUT2D eigenvalue weighted by Gasteiger charge is 1.79. The molecule has 0 unspecified atom stereocenters. The molecular formula is C5H8NOS-. The summed E-state index contributed by atoms with van der Waals surface area (Å²) in [5.41, 5.74) is 0. The zero-order valence-corrected chi connectivity index (χ0v) is 5.36. The third-order valence-electron chi connectivity index (χ3n) is 0.960. The van der Waals surface area contributed by atoms with Crippen LogP contribution < -0.4 is 0 Å². The van der Waals surface area contributed by atoms with Gasteiger partial charge in [0.05, 0.1) is 0 Å². The van der Waals surface area contributed by atoms with E-state index in [1.165, 1.54) is 0 Å². The zero-order chi connectivity index (χ0) is 5.82. The minimum atomic E-state index is -1.01. The van der Waals surface area contributed by atoms with Crippen LogP contribution in [-0.4, -0.2) is 6.54 Å². The molecule has 2 nitrogen and oxygen atoms in total. The lowest BCUT2D eigenvalue weighted by molar-refractivity contribution is 0.603. The van der Waals surface area contributed by atoms with E-state index < -0.39 is 10.6 Å². The predicted octanol–water partition coefficient (Wildman–Crippen LogP) is 1.44. The summed E-state index contributed by atoms with van der Waals surface area (Å²) in [6, 6.07) is 0. The number of allylic oxidation sites excluding steroid dienone is 1. The molecule has 0 radical (unpaired) electrons. The van der Waals surface area contributed by atoms with E-state index in [-0.39, 0.29) is 0 Å². The first-order valence-electron chi connectivity index (χ1n) is 2.64. The second-order valence-electron chi connectivity index (χ2n) is 1.64. The highest BCUT2D eigenvalue weighted by atomic mass is 32.2. The van der Waals surface area contributed by atoms with Gasteiger partial charge in [-0.05, 0) is 12.8 Å². The Labute approximate surface area is 50.8 Å². The fraction of sp³-hybridized carbons (Fsp3) is 0.600. The molecule has 8 heavy (non-hydrogen) atoms. The van der Waals surface area contributed by atoms with Crippen LogP contribution in [0.25, 0.3) is 0 Å². The van der Waals surface area contributed by atoms with Crippen LogP contribution in [0.2, 0.25) is 0 Å². The van der Waals surface area contributed by atoms with Gasteiger partial charge in [-0.2, -0.15) is 10.6 Å². The molecule has 0 atom stereocenters. The van der Waals surface area contributed by atoms with Crippen molar-refractivity contribution in [2.45, 2.75) is 12.8 Å². The first-order chi connectivity index (χ1) is 3.89. The monoisotopic (exact) mass is 130 g/mol. The SMILES string of the molecule is O=[S-]1=NCCCC=C1. The third kappa shape index (κ3) is 1.66. The summed E-state index contributed by atoms with van der Waals surface area (Å²) < 4.78 is 14.3.